The van der Waals surface area contributed by atoms with Crippen molar-refractivity contribution in [3.8, 4) is 0 Å². The molecule has 0 atom stereocenters. The Balaban J connectivity index is 1.35. The maximum atomic E-state index is 13.0. The summed E-state index contributed by atoms with van der Waals surface area (Å²) in [6.45, 7) is 0.204. The second kappa shape index (κ2) is 9.41. The summed E-state index contributed by atoms with van der Waals surface area (Å²) < 4.78 is 7.82. The van der Waals surface area contributed by atoms with E-state index in [9.17, 15) is 19.2 Å². The van der Waals surface area contributed by atoms with Gasteiger partial charge < -0.3 is 20.8 Å². The van der Waals surface area contributed by atoms with Crippen molar-refractivity contribution in [3.63, 3.8) is 0 Å². The fourth-order valence-corrected chi connectivity index (χ4v) is 3.93. The van der Waals surface area contributed by atoms with Crippen LogP contribution in [-0.4, -0.2) is 36.9 Å². The Labute approximate surface area is 208 Å². The molecule has 12 heteroatoms. The van der Waals surface area contributed by atoms with Crippen LogP contribution in [0.3, 0.4) is 0 Å². The molecule has 5 rings (SSSR count). The van der Waals surface area contributed by atoms with Gasteiger partial charge in [0.25, 0.3) is 11.8 Å². The molecule has 0 radical (unpaired) electrons. The monoisotopic (exact) mass is 499 g/mol. The van der Waals surface area contributed by atoms with Gasteiger partial charge in [-0.3, -0.25) is 19.0 Å². The first-order chi connectivity index (χ1) is 17.8. The largest absolute Gasteiger partial charge is 0.419 e. The van der Waals surface area contributed by atoms with Gasteiger partial charge in [0.2, 0.25) is 5.91 Å². The van der Waals surface area contributed by atoms with Gasteiger partial charge in [0.05, 0.1) is 11.7 Å². The smallest absolute Gasteiger partial charge is 0.408 e. The lowest BCUT2D eigenvalue weighted by Gasteiger charge is -2.11. The van der Waals surface area contributed by atoms with Crippen LogP contribution in [0.1, 0.15) is 42.5 Å². The molecule has 0 saturated carbocycles. The summed E-state index contributed by atoms with van der Waals surface area (Å²) in [5.74, 6) is -2.09. The van der Waals surface area contributed by atoms with E-state index < -0.39 is 23.5 Å². The highest BCUT2D eigenvalue weighted by atomic mass is 16.4. The zero-order chi connectivity index (χ0) is 26.1. The molecule has 2 aromatic carbocycles. The van der Waals surface area contributed by atoms with Crippen LogP contribution in [0.2, 0.25) is 0 Å². The molecule has 37 heavy (non-hydrogen) atoms. The molecule has 3 amide bonds. The third-order valence-electron chi connectivity index (χ3n) is 5.86. The molecule has 5 aromatic rings. The van der Waals surface area contributed by atoms with Crippen molar-refractivity contribution < 1.29 is 18.8 Å². The minimum atomic E-state index is -0.601. The summed E-state index contributed by atoms with van der Waals surface area (Å²) >= 11 is 0. The topological polar surface area (TPSA) is 167 Å². The van der Waals surface area contributed by atoms with Gasteiger partial charge in [0.1, 0.15) is 11.4 Å². The van der Waals surface area contributed by atoms with E-state index >= 15 is 0 Å². The Morgan fingerprint density at radius 1 is 1.00 bits per heavy atom. The van der Waals surface area contributed by atoms with Crippen LogP contribution in [0.25, 0.3) is 16.7 Å². The van der Waals surface area contributed by atoms with Crippen LogP contribution in [0.4, 0.5) is 0 Å². The average molecular weight is 499 g/mol. The van der Waals surface area contributed by atoms with Crippen molar-refractivity contribution in [1.82, 2.24) is 29.8 Å². The Bertz CT molecular complexity index is 1750. The molecule has 0 aliphatic rings. The van der Waals surface area contributed by atoms with E-state index in [1.807, 2.05) is 0 Å². The van der Waals surface area contributed by atoms with Gasteiger partial charge in [-0.2, -0.15) is 5.10 Å². The Kier molecular flexibility index (Phi) is 5.97. The van der Waals surface area contributed by atoms with Gasteiger partial charge in [0, 0.05) is 37.8 Å². The lowest BCUT2D eigenvalue weighted by molar-refractivity contribution is 0.0937. The number of nitrogens with two attached hydrogens (primary N) is 1. The third-order valence-corrected chi connectivity index (χ3v) is 5.86. The number of rotatable bonds is 7. The Morgan fingerprint density at radius 3 is 2.59 bits per heavy atom. The highest BCUT2D eigenvalue weighted by molar-refractivity contribution is 5.98. The molecular weight excluding hydrogens is 478 g/mol. The van der Waals surface area contributed by atoms with Crippen LogP contribution in [0.15, 0.2) is 70.0 Å². The summed E-state index contributed by atoms with van der Waals surface area (Å²) in [5.41, 5.74) is 8.49. The molecule has 0 bridgehead atoms. The van der Waals surface area contributed by atoms with Crippen LogP contribution >= 0.6 is 0 Å². The molecule has 3 heterocycles. The minimum Gasteiger partial charge on any atom is -0.408 e. The van der Waals surface area contributed by atoms with E-state index in [1.54, 1.807) is 55.6 Å². The van der Waals surface area contributed by atoms with Gasteiger partial charge in [-0.25, -0.2) is 14.3 Å². The van der Waals surface area contributed by atoms with Crippen LogP contribution < -0.4 is 22.1 Å². The standard InChI is InChI=1S/C25H21N7O5/c1-31-18-10-14(6-7-20(18)37-25(31)36)12-27-23(34)17-11-19(32-21(30-17)8-9-29-32)24(35)28-13-15-4-2-3-5-16(15)22(26)33/h2-11H,12-13H2,1H3,(H2,26,33)(H,27,34)(H,28,35). The van der Waals surface area contributed by atoms with Crippen LogP contribution in [0.5, 0.6) is 0 Å². The molecule has 0 aliphatic carbocycles. The number of carbonyl (C=O) groups is 3. The zero-order valence-electron chi connectivity index (χ0n) is 19.6. The third kappa shape index (κ3) is 4.55. The lowest BCUT2D eigenvalue weighted by Crippen LogP contribution is -2.29. The fourth-order valence-electron chi connectivity index (χ4n) is 3.93. The highest BCUT2D eigenvalue weighted by Crippen LogP contribution is 2.15. The first-order valence-corrected chi connectivity index (χ1v) is 11.2. The predicted octanol–water partition coefficient (Wildman–Crippen LogP) is 1.13. The summed E-state index contributed by atoms with van der Waals surface area (Å²) in [7, 11) is 1.60. The van der Waals surface area contributed by atoms with E-state index in [-0.39, 0.29) is 24.5 Å². The number of nitrogens with zero attached hydrogens (tertiary/aromatic N) is 4. The number of aryl methyl sites for hydroxylation is 1. The van der Waals surface area contributed by atoms with Gasteiger partial charge in [-0.1, -0.05) is 24.3 Å². The number of hydrogen-bond donors (Lipinski definition) is 3. The van der Waals surface area contributed by atoms with Crippen LogP contribution in [-0.2, 0) is 20.1 Å². The predicted molar refractivity (Wildman–Crippen MR) is 132 cm³/mol. The molecule has 3 aromatic heterocycles. The summed E-state index contributed by atoms with van der Waals surface area (Å²) in [4.78, 5) is 53.6. The SMILES string of the molecule is Cn1c(=O)oc2ccc(CNC(=O)c3cc(C(=O)NCc4ccccc4C(N)=O)n4nccc4n3)cc21. The molecule has 12 nitrogen and oxygen atoms in total. The van der Waals surface area contributed by atoms with Gasteiger partial charge in [-0.05, 0) is 29.3 Å². The number of primary amides is 1. The van der Waals surface area contributed by atoms with E-state index in [4.69, 9.17) is 10.2 Å². The van der Waals surface area contributed by atoms with Crippen molar-refractivity contribution in [3.05, 3.63) is 99.4 Å². The summed E-state index contributed by atoms with van der Waals surface area (Å²) in [5, 5.41) is 9.64. The number of carbonyl (C=O) groups excluding carboxylic acids is 3. The lowest BCUT2D eigenvalue weighted by atomic mass is 10.1. The zero-order valence-corrected chi connectivity index (χ0v) is 19.6. The number of amides is 3. The first kappa shape index (κ1) is 23.5. The minimum absolute atomic E-state index is 0.0208. The first-order valence-electron chi connectivity index (χ1n) is 11.2. The number of benzene rings is 2. The normalized spacial score (nSPS) is 11.1. The van der Waals surface area contributed by atoms with Crippen molar-refractivity contribution in [2.24, 2.45) is 12.8 Å². The maximum absolute atomic E-state index is 13.0. The van der Waals surface area contributed by atoms with Crippen LogP contribution in [0, 0.1) is 0 Å². The van der Waals surface area contributed by atoms with Gasteiger partial charge >= 0.3 is 5.76 Å². The number of fused-ring (bicyclic) bond motifs is 2. The average Bonchev–Trinajstić information content (AvgIpc) is 3.49. The molecule has 0 spiro atoms. The summed E-state index contributed by atoms with van der Waals surface area (Å²) in [6, 6.07) is 14.7. The fraction of sp³-hybridized carbons (Fsp3) is 0.120. The second-order valence-corrected chi connectivity index (χ2v) is 8.24. The Morgan fingerprint density at radius 2 is 1.78 bits per heavy atom. The molecular formula is C25H21N7O5. The van der Waals surface area contributed by atoms with Crippen molar-refractivity contribution in [2.45, 2.75) is 13.1 Å². The summed E-state index contributed by atoms with van der Waals surface area (Å²) in [6.07, 6.45) is 1.47. The molecule has 0 fully saturated rings. The number of hydrogen-bond acceptors (Lipinski definition) is 7. The molecule has 0 unspecified atom stereocenters. The molecule has 4 N–H and O–H groups in total. The molecule has 186 valence electrons. The Hall–Kier alpha value is -5.26. The van der Waals surface area contributed by atoms with E-state index in [0.29, 0.717) is 27.9 Å². The molecule has 0 aliphatic heterocycles. The number of aromatic nitrogens is 4. The maximum Gasteiger partial charge on any atom is 0.419 e. The number of nitrogens with one attached hydrogen (secondary N) is 2. The van der Waals surface area contributed by atoms with E-state index in [1.165, 1.54) is 21.3 Å². The van der Waals surface area contributed by atoms with Crippen molar-refractivity contribution >= 4 is 34.5 Å². The van der Waals surface area contributed by atoms with Crippen molar-refractivity contribution in [2.75, 3.05) is 0 Å². The van der Waals surface area contributed by atoms with E-state index in [2.05, 4.69) is 20.7 Å². The van der Waals surface area contributed by atoms with Crippen molar-refractivity contribution in [1.29, 1.82) is 0 Å². The van der Waals surface area contributed by atoms with Gasteiger partial charge in [0.15, 0.2) is 11.2 Å². The highest BCUT2D eigenvalue weighted by Gasteiger charge is 2.18. The van der Waals surface area contributed by atoms with E-state index in [0.717, 1.165) is 5.56 Å². The molecule has 0 saturated heterocycles. The van der Waals surface area contributed by atoms with Gasteiger partial charge in [-0.15, -0.1) is 0 Å². The number of oxazole rings is 1. The quantitative estimate of drug-likeness (QED) is 0.302. The second-order valence-electron chi connectivity index (χ2n) is 8.24.